The summed E-state index contributed by atoms with van der Waals surface area (Å²) in [6.07, 6.45) is 0. The molecule has 0 fully saturated rings. The van der Waals surface area contributed by atoms with Crippen LogP contribution in [0.4, 0.5) is 0 Å². The van der Waals surface area contributed by atoms with Crippen molar-refractivity contribution >= 4 is 0 Å². The number of aliphatic hydroxyl groups is 1. The fraction of sp³-hybridized carbons (Fsp3) is 0.750. The van der Waals surface area contributed by atoms with E-state index in [1.165, 1.54) is 11.1 Å². The van der Waals surface area contributed by atoms with Gasteiger partial charge in [-0.3, -0.25) is 0 Å². The summed E-state index contributed by atoms with van der Waals surface area (Å²) < 4.78 is 43.2. The molecule has 0 aliphatic heterocycles. The van der Waals surface area contributed by atoms with Crippen molar-refractivity contribution in [2.24, 2.45) is 0 Å². The maximum Gasteiger partial charge on any atom is 0.0718 e. The molecule has 1 rings (SSSR count). The smallest absolute Gasteiger partial charge is 0.0718 e. The molecule has 0 aromatic heterocycles. The van der Waals surface area contributed by atoms with Gasteiger partial charge in [-0.25, -0.2) is 0 Å². The minimum Gasteiger partial charge on any atom is -0.394 e. The number of hydrogen-bond acceptors (Lipinski definition) is 9. The van der Waals surface area contributed by atoms with Crippen molar-refractivity contribution in [2.75, 3.05) is 106 Å². The van der Waals surface area contributed by atoms with E-state index in [9.17, 15) is 0 Å². The third kappa shape index (κ3) is 21.2. The number of aliphatic hydroxyl groups excluding tert-OH is 1. The van der Waals surface area contributed by atoms with Crippen LogP contribution in [0.5, 0.6) is 0 Å². The maximum atomic E-state index is 8.55. The summed E-state index contributed by atoms with van der Waals surface area (Å²) >= 11 is 0. The molecule has 9 nitrogen and oxygen atoms in total. The molecule has 0 aliphatic carbocycles. The van der Waals surface area contributed by atoms with Crippen LogP contribution in [0.1, 0.15) is 11.1 Å². The number of aryl methyl sites for hydroxylation is 1. The minimum absolute atomic E-state index is 0.0319. The lowest BCUT2D eigenvalue weighted by Crippen LogP contribution is -2.15. The first-order valence-corrected chi connectivity index (χ1v) is 11.6. The average molecular weight is 475 g/mol. The second-order valence-corrected chi connectivity index (χ2v) is 7.05. The fourth-order valence-corrected chi connectivity index (χ4v) is 2.48. The molecule has 1 aromatic carbocycles. The number of ether oxygens (including phenoxy) is 8. The van der Waals surface area contributed by atoms with E-state index in [0.717, 1.165) is 0 Å². The van der Waals surface area contributed by atoms with Gasteiger partial charge in [0.15, 0.2) is 0 Å². The first-order valence-electron chi connectivity index (χ1n) is 11.6. The first kappa shape index (κ1) is 29.9. The fourth-order valence-electron chi connectivity index (χ4n) is 2.48. The Morgan fingerprint density at radius 2 is 0.758 bits per heavy atom. The number of hydrogen-bond donors (Lipinski definition) is 1. The van der Waals surface area contributed by atoms with Crippen LogP contribution in [0, 0.1) is 6.92 Å². The molecule has 0 radical (unpaired) electrons. The Balaban J connectivity index is 1.66. The zero-order chi connectivity index (χ0) is 23.7. The Hall–Kier alpha value is -1.14. The van der Waals surface area contributed by atoms with Crippen LogP contribution in [0.3, 0.4) is 0 Å². The Kier molecular flexibility index (Phi) is 21.7. The van der Waals surface area contributed by atoms with Crippen LogP contribution < -0.4 is 0 Å². The Morgan fingerprint density at radius 3 is 1.09 bits per heavy atom. The van der Waals surface area contributed by atoms with Crippen LogP contribution in [-0.4, -0.2) is 111 Å². The topological polar surface area (TPSA) is 94.1 Å². The van der Waals surface area contributed by atoms with Crippen molar-refractivity contribution in [2.45, 2.75) is 13.5 Å². The lowest BCUT2D eigenvalue weighted by atomic mass is 10.2. The second-order valence-electron chi connectivity index (χ2n) is 7.05. The van der Waals surface area contributed by atoms with Gasteiger partial charge in [0.05, 0.1) is 112 Å². The molecule has 0 amide bonds. The number of rotatable bonds is 25. The molecule has 1 N–H and O–H groups in total. The van der Waals surface area contributed by atoms with Crippen LogP contribution in [0.2, 0.25) is 0 Å². The van der Waals surface area contributed by atoms with Crippen LogP contribution >= 0.6 is 0 Å². The van der Waals surface area contributed by atoms with E-state index in [0.29, 0.717) is 106 Å². The lowest BCUT2D eigenvalue weighted by Gasteiger charge is -2.08. The summed E-state index contributed by atoms with van der Waals surface area (Å²) in [6.45, 7) is 10.4. The largest absolute Gasteiger partial charge is 0.394 e. The maximum absolute atomic E-state index is 8.55. The van der Waals surface area contributed by atoms with E-state index in [-0.39, 0.29) is 6.61 Å². The number of benzene rings is 1. The molecule has 0 heterocycles. The van der Waals surface area contributed by atoms with E-state index in [4.69, 9.17) is 43.0 Å². The summed E-state index contributed by atoms with van der Waals surface area (Å²) in [6, 6.07) is 8.32. The standard InChI is InChI=1S/C24H42O9/c1-23-2-4-24(5-3-23)22-33-21-20-32-19-18-31-17-16-30-15-14-29-13-12-28-11-10-27-9-8-26-7-6-25/h2-5,25H,6-22H2,1H3. The summed E-state index contributed by atoms with van der Waals surface area (Å²) in [5, 5.41) is 8.55. The summed E-state index contributed by atoms with van der Waals surface area (Å²) in [4.78, 5) is 0. The Labute approximate surface area is 198 Å². The van der Waals surface area contributed by atoms with E-state index in [1.807, 2.05) is 0 Å². The molecular formula is C24H42O9. The van der Waals surface area contributed by atoms with Gasteiger partial charge in [-0.05, 0) is 12.5 Å². The molecule has 0 atom stereocenters. The van der Waals surface area contributed by atoms with Gasteiger partial charge in [0.25, 0.3) is 0 Å². The average Bonchev–Trinajstić information content (AvgIpc) is 2.83. The third-order valence-corrected chi connectivity index (χ3v) is 4.23. The van der Waals surface area contributed by atoms with E-state index in [2.05, 4.69) is 31.2 Å². The molecule has 0 unspecified atom stereocenters. The molecule has 33 heavy (non-hydrogen) atoms. The van der Waals surface area contributed by atoms with Gasteiger partial charge in [0.1, 0.15) is 0 Å². The van der Waals surface area contributed by atoms with Gasteiger partial charge in [0.2, 0.25) is 0 Å². The normalized spacial score (nSPS) is 11.3. The molecule has 1 aromatic rings. The second kappa shape index (κ2) is 24.0. The van der Waals surface area contributed by atoms with Gasteiger partial charge >= 0.3 is 0 Å². The molecule has 0 saturated heterocycles. The SMILES string of the molecule is Cc1ccc(COCCOCCOCCOCCOCCOCCOCCOCCO)cc1. The summed E-state index contributed by atoms with van der Waals surface area (Å²) in [7, 11) is 0. The minimum atomic E-state index is 0.0319. The molecule has 0 aliphatic rings. The van der Waals surface area contributed by atoms with Crippen molar-refractivity contribution in [3.8, 4) is 0 Å². The van der Waals surface area contributed by atoms with Crippen molar-refractivity contribution in [1.29, 1.82) is 0 Å². The highest BCUT2D eigenvalue weighted by atomic mass is 16.6. The highest BCUT2D eigenvalue weighted by Gasteiger charge is 1.96. The van der Waals surface area contributed by atoms with E-state index < -0.39 is 0 Å². The van der Waals surface area contributed by atoms with Gasteiger partial charge < -0.3 is 43.0 Å². The Morgan fingerprint density at radius 1 is 0.455 bits per heavy atom. The molecule has 0 bridgehead atoms. The van der Waals surface area contributed by atoms with Gasteiger partial charge in [0, 0.05) is 0 Å². The molecule has 9 heteroatoms. The van der Waals surface area contributed by atoms with Gasteiger partial charge in [-0.15, -0.1) is 0 Å². The molecule has 0 saturated carbocycles. The molecule has 0 spiro atoms. The van der Waals surface area contributed by atoms with Crippen molar-refractivity contribution in [3.05, 3.63) is 35.4 Å². The predicted molar refractivity (Wildman–Crippen MR) is 124 cm³/mol. The van der Waals surface area contributed by atoms with E-state index in [1.54, 1.807) is 0 Å². The highest BCUT2D eigenvalue weighted by Crippen LogP contribution is 2.04. The van der Waals surface area contributed by atoms with E-state index >= 15 is 0 Å². The lowest BCUT2D eigenvalue weighted by molar-refractivity contribution is -0.0242. The van der Waals surface area contributed by atoms with Crippen molar-refractivity contribution in [1.82, 2.24) is 0 Å². The predicted octanol–water partition coefficient (Wildman–Crippen LogP) is 1.62. The Bertz CT molecular complexity index is 513. The van der Waals surface area contributed by atoms with Crippen molar-refractivity contribution < 1.29 is 43.0 Å². The molecular weight excluding hydrogens is 432 g/mol. The third-order valence-electron chi connectivity index (χ3n) is 4.23. The summed E-state index contributed by atoms with van der Waals surface area (Å²) in [5.74, 6) is 0. The zero-order valence-corrected chi connectivity index (χ0v) is 20.0. The first-order chi connectivity index (χ1) is 16.3. The highest BCUT2D eigenvalue weighted by molar-refractivity contribution is 5.20. The van der Waals surface area contributed by atoms with Crippen LogP contribution in [-0.2, 0) is 44.5 Å². The monoisotopic (exact) mass is 474 g/mol. The van der Waals surface area contributed by atoms with Gasteiger partial charge in [-0.2, -0.15) is 0 Å². The molecule has 192 valence electrons. The quantitative estimate of drug-likeness (QED) is 0.212. The van der Waals surface area contributed by atoms with Crippen molar-refractivity contribution in [3.63, 3.8) is 0 Å². The van der Waals surface area contributed by atoms with Gasteiger partial charge in [-0.1, -0.05) is 29.8 Å². The van der Waals surface area contributed by atoms with Crippen LogP contribution in [0.25, 0.3) is 0 Å². The zero-order valence-electron chi connectivity index (χ0n) is 20.0. The van der Waals surface area contributed by atoms with Crippen LogP contribution in [0.15, 0.2) is 24.3 Å². The summed E-state index contributed by atoms with van der Waals surface area (Å²) in [5.41, 5.74) is 2.42.